The first kappa shape index (κ1) is 37.4. The van der Waals surface area contributed by atoms with Gasteiger partial charge in [-0.05, 0) is 63.6 Å². The number of benzene rings is 1. The number of ketones is 1. The number of alkyl carbamates (subject to hydrolysis) is 1. The van der Waals surface area contributed by atoms with Crippen LogP contribution in [0.3, 0.4) is 0 Å². The molecule has 4 amide bonds. The van der Waals surface area contributed by atoms with Gasteiger partial charge in [-0.3, -0.25) is 23.9 Å². The average Bonchev–Trinajstić information content (AvgIpc) is 4.00. The molecule has 2 saturated carbocycles. The van der Waals surface area contributed by atoms with E-state index in [1.165, 1.54) is 11.0 Å². The maximum absolute atomic E-state index is 14.3. The summed E-state index contributed by atoms with van der Waals surface area (Å²) in [6.45, 7) is 11.7. The Morgan fingerprint density at radius 3 is 2.49 bits per heavy atom. The van der Waals surface area contributed by atoms with Gasteiger partial charge in [0.2, 0.25) is 27.7 Å². The Hall–Kier alpha value is -4.83. The molecule has 0 bridgehead atoms. The molecular weight excluding hydrogens is 680 g/mol. The molecule has 2 aromatic rings. The van der Waals surface area contributed by atoms with Crippen LogP contribution in [0.25, 0.3) is 10.8 Å². The average molecular weight is 725 g/mol. The van der Waals surface area contributed by atoms with Crippen molar-refractivity contribution in [3.05, 3.63) is 61.8 Å². The predicted molar refractivity (Wildman–Crippen MR) is 187 cm³/mol. The van der Waals surface area contributed by atoms with Crippen LogP contribution in [0.4, 0.5) is 4.79 Å². The third-order valence-electron chi connectivity index (χ3n) is 8.88. The number of sulfonamides is 1. The van der Waals surface area contributed by atoms with Gasteiger partial charge in [0.1, 0.15) is 29.3 Å². The van der Waals surface area contributed by atoms with Gasteiger partial charge >= 0.3 is 6.09 Å². The summed E-state index contributed by atoms with van der Waals surface area (Å²) in [5.74, 6) is -2.91. The van der Waals surface area contributed by atoms with E-state index in [0.717, 1.165) is 11.5 Å². The fraction of sp³-hybridized carbons (Fsp3) is 0.486. The van der Waals surface area contributed by atoms with Crippen LogP contribution >= 0.6 is 0 Å². The molecular formula is C35H44N6O9S. The zero-order valence-corrected chi connectivity index (χ0v) is 29.7. The highest BCUT2D eigenvalue weighted by atomic mass is 32.2. The van der Waals surface area contributed by atoms with E-state index in [4.69, 9.17) is 9.47 Å². The fourth-order valence-electron chi connectivity index (χ4n) is 6.00. The zero-order chi connectivity index (χ0) is 37.1. The van der Waals surface area contributed by atoms with Crippen molar-refractivity contribution in [2.45, 2.75) is 81.0 Å². The van der Waals surface area contributed by atoms with Crippen LogP contribution in [0.2, 0.25) is 0 Å². The molecule has 1 aliphatic heterocycles. The molecule has 1 aromatic heterocycles. The van der Waals surface area contributed by atoms with Crippen LogP contribution in [-0.4, -0.2) is 102 Å². The number of carbonyl (C=O) groups is 5. The van der Waals surface area contributed by atoms with Gasteiger partial charge in [0.25, 0.3) is 5.91 Å². The first-order valence-corrected chi connectivity index (χ1v) is 18.3. The number of nitrogens with zero attached hydrogens (tertiary/aromatic N) is 2. The fourth-order valence-corrected chi connectivity index (χ4v) is 7.36. The number of hydrogen-bond acceptors (Lipinski definition) is 11. The van der Waals surface area contributed by atoms with Gasteiger partial charge in [-0.25, -0.2) is 18.2 Å². The van der Waals surface area contributed by atoms with Crippen molar-refractivity contribution in [1.29, 1.82) is 0 Å². The number of ether oxygens (including phenoxy) is 2. The SMILES string of the molecule is C=CC(=O)CNCC(NC(=O)OC(C)(C)C)C(=O)N1CC(Oc2nccc3ccccc23)CC1C(=O)NC1(C(=O)NS(=O)(=O)C2CC2)CC1C=C. The summed E-state index contributed by atoms with van der Waals surface area (Å²) in [5.41, 5.74) is -2.48. The van der Waals surface area contributed by atoms with Crippen molar-refractivity contribution in [3.63, 3.8) is 0 Å². The molecule has 5 unspecified atom stereocenters. The molecule has 0 radical (unpaired) electrons. The maximum Gasteiger partial charge on any atom is 0.408 e. The first-order valence-electron chi connectivity index (χ1n) is 16.7. The molecule has 1 saturated heterocycles. The second-order valence-electron chi connectivity index (χ2n) is 14.0. The molecule has 5 atom stereocenters. The summed E-state index contributed by atoms with van der Waals surface area (Å²) in [5, 5.41) is 9.03. The van der Waals surface area contributed by atoms with E-state index in [2.05, 4.69) is 38.8 Å². The topological polar surface area (TPSA) is 202 Å². The Morgan fingerprint density at radius 1 is 1.12 bits per heavy atom. The van der Waals surface area contributed by atoms with Crippen molar-refractivity contribution >= 4 is 50.4 Å². The van der Waals surface area contributed by atoms with Crippen LogP contribution < -0.4 is 25.4 Å². The van der Waals surface area contributed by atoms with E-state index < -0.39 is 74.3 Å². The zero-order valence-electron chi connectivity index (χ0n) is 28.8. The summed E-state index contributed by atoms with van der Waals surface area (Å²) in [6, 6.07) is 6.72. The summed E-state index contributed by atoms with van der Waals surface area (Å²) >= 11 is 0. The van der Waals surface area contributed by atoms with Crippen molar-refractivity contribution in [1.82, 2.24) is 30.6 Å². The number of hydrogen-bond donors (Lipinski definition) is 4. The van der Waals surface area contributed by atoms with E-state index in [9.17, 15) is 32.4 Å². The maximum atomic E-state index is 14.3. The second-order valence-corrected chi connectivity index (χ2v) is 16.0. The predicted octanol–water partition coefficient (Wildman–Crippen LogP) is 1.49. The van der Waals surface area contributed by atoms with Crippen LogP contribution in [0.5, 0.6) is 5.88 Å². The summed E-state index contributed by atoms with van der Waals surface area (Å²) in [4.78, 5) is 72.3. The molecule has 15 nitrogen and oxygen atoms in total. The number of likely N-dealkylation sites (tertiary alicyclic amines) is 1. The van der Waals surface area contributed by atoms with Gasteiger partial charge in [-0.1, -0.05) is 30.9 Å². The Bertz CT molecular complexity index is 1830. The molecule has 2 heterocycles. The van der Waals surface area contributed by atoms with Crippen LogP contribution in [-0.2, 0) is 33.9 Å². The Morgan fingerprint density at radius 2 is 1.84 bits per heavy atom. The minimum absolute atomic E-state index is 0.0269. The molecule has 3 fully saturated rings. The second kappa shape index (κ2) is 14.8. The lowest BCUT2D eigenvalue weighted by Gasteiger charge is -2.30. The lowest BCUT2D eigenvalue weighted by molar-refractivity contribution is -0.141. The number of aromatic nitrogens is 1. The summed E-state index contributed by atoms with van der Waals surface area (Å²) in [6.07, 6.45) is 3.47. The molecule has 51 heavy (non-hydrogen) atoms. The number of pyridine rings is 1. The third-order valence-corrected chi connectivity index (χ3v) is 10.7. The van der Waals surface area contributed by atoms with E-state index >= 15 is 0 Å². The molecule has 4 N–H and O–H groups in total. The minimum Gasteiger partial charge on any atom is -0.472 e. The highest BCUT2D eigenvalue weighted by Crippen LogP contribution is 2.45. The lowest BCUT2D eigenvalue weighted by Crippen LogP contribution is -2.59. The monoisotopic (exact) mass is 724 g/mol. The third kappa shape index (κ3) is 8.92. The highest BCUT2D eigenvalue weighted by Gasteiger charge is 2.62. The molecule has 274 valence electrons. The van der Waals surface area contributed by atoms with Gasteiger partial charge < -0.3 is 30.3 Å². The molecule has 16 heteroatoms. The Labute approximate surface area is 296 Å². The van der Waals surface area contributed by atoms with Crippen LogP contribution in [0.1, 0.15) is 46.5 Å². The summed E-state index contributed by atoms with van der Waals surface area (Å²) < 4.78 is 39.1. The van der Waals surface area contributed by atoms with E-state index in [-0.39, 0.29) is 44.1 Å². The molecule has 0 spiro atoms. The lowest BCUT2D eigenvalue weighted by atomic mass is 10.1. The van der Waals surface area contributed by atoms with Crippen molar-refractivity contribution in [3.8, 4) is 5.88 Å². The van der Waals surface area contributed by atoms with Gasteiger partial charge in [0, 0.05) is 30.5 Å². The van der Waals surface area contributed by atoms with Crippen molar-refractivity contribution in [2.24, 2.45) is 5.92 Å². The van der Waals surface area contributed by atoms with E-state index in [1.54, 1.807) is 27.0 Å². The Balaban J connectivity index is 1.42. The quantitative estimate of drug-likeness (QED) is 0.153. The van der Waals surface area contributed by atoms with Gasteiger partial charge in [0.15, 0.2) is 5.78 Å². The van der Waals surface area contributed by atoms with Crippen LogP contribution in [0.15, 0.2) is 61.8 Å². The number of carbonyl (C=O) groups excluding carboxylic acids is 5. The molecule has 5 rings (SSSR count). The first-order chi connectivity index (χ1) is 24.1. The van der Waals surface area contributed by atoms with Gasteiger partial charge in [-0.15, -0.1) is 6.58 Å². The number of amides is 4. The van der Waals surface area contributed by atoms with Crippen molar-refractivity contribution < 1.29 is 41.9 Å². The summed E-state index contributed by atoms with van der Waals surface area (Å²) in [7, 11) is -3.92. The molecule has 1 aromatic carbocycles. The largest absolute Gasteiger partial charge is 0.472 e. The minimum atomic E-state index is -3.92. The van der Waals surface area contributed by atoms with E-state index in [0.29, 0.717) is 18.2 Å². The molecule has 3 aliphatic rings. The Kier molecular flexibility index (Phi) is 10.9. The smallest absolute Gasteiger partial charge is 0.408 e. The van der Waals surface area contributed by atoms with Gasteiger partial charge in [-0.2, -0.15) is 0 Å². The molecule has 2 aliphatic carbocycles. The standard InChI is InChI=1S/C35H44N6O9S/c1-6-22-17-35(22,32(45)40-51(47,48)25-12-13-25)39-29(43)28-16-24(49-30-26-11-9-8-10-21(26)14-15-37-30)20-41(28)31(44)27(19-36-18-23(42)7-2)38-33(46)50-34(3,4)5/h6-11,14-15,22,24-25,27-28,36H,1-2,12-13,16-20H2,3-5H3,(H,38,46)(H,39,43)(H,40,45). The number of fused-ring (bicyclic) bond motifs is 1. The number of rotatable bonds is 15. The highest BCUT2D eigenvalue weighted by molar-refractivity contribution is 7.91. The normalized spacial score (nSPS) is 23.4. The van der Waals surface area contributed by atoms with E-state index in [1.807, 2.05) is 30.3 Å². The van der Waals surface area contributed by atoms with Gasteiger partial charge in [0.05, 0.1) is 18.3 Å². The number of nitrogens with one attached hydrogen (secondary N) is 4. The van der Waals surface area contributed by atoms with Crippen LogP contribution in [0, 0.1) is 5.92 Å². The van der Waals surface area contributed by atoms with Crippen molar-refractivity contribution in [2.75, 3.05) is 19.6 Å².